The maximum Gasteiger partial charge on any atom is 0.211 e. The lowest BCUT2D eigenvalue weighted by molar-refractivity contribution is 0.370. The molecule has 0 N–H and O–H groups in total. The lowest BCUT2D eigenvalue weighted by Crippen LogP contribution is -1.99. The first kappa shape index (κ1) is 15.1. The summed E-state index contributed by atoms with van der Waals surface area (Å²) in [6.45, 7) is 0.210. The minimum atomic E-state index is 0.210. The van der Waals surface area contributed by atoms with Crippen molar-refractivity contribution in [2.45, 2.75) is 5.16 Å². The Morgan fingerprint density at radius 2 is 2.22 bits per heavy atom. The molecule has 0 fully saturated rings. The summed E-state index contributed by atoms with van der Waals surface area (Å²) in [7, 11) is 0. The fourth-order valence-corrected chi connectivity index (χ4v) is 2.62. The standard InChI is InChI=1S/C17H14N4OS/c1-3-10-22-16-9-8-13-6-4-5-7-14(13)15(16)11-19-21-12-18-20-17(21)23-2/h1,4-9,11-12H,10H2,2H3/b19-11-. The van der Waals surface area contributed by atoms with E-state index in [9.17, 15) is 0 Å². The Morgan fingerprint density at radius 1 is 1.35 bits per heavy atom. The molecule has 1 aromatic heterocycles. The maximum atomic E-state index is 5.65. The number of hydrogen-bond acceptors (Lipinski definition) is 5. The predicted molar refractivity (Wildman–Crippen MR) is 93.1 cm³/mol. The first-order chi connectivity index (χ1) is 11.3. The van der Waals surface area contributed by atoms with Gasteiger partial charge in [0.15, 0.2) is 0 Å². The average Bonchev–Trinajstić information content (AvgIpc) is 3.05. The maximum absolute atomic E-state index is 5.65. The average molecular weight is 322 g/mol. The van der Waals surface area contributed by atoms with E-state index >= 15 is 0 Å². The molecule has 0 spiro atoms. The summed E-state index contributed by atoms with van der Waals surface area (Å²) in [5.41, 5.74) is 0.874. The second kappa shape index (κ2) is 6.99. The van der Waals surface area contributed by atoms with Crippen molar-refractivity contribution in [2.24, 2.45) is 5.10 Å². The van der Waals surface area contributed by atoms with Crippen molar-refractivity contribution >= 4 is 28.7 Å². The minimum absolute atomic E-state index is 0.210. The molecule has 0 amide bonds. The zero-order valence-electron chi connectivity index (χ0n) is 12.5. The van der Waals surface area contributed by atoms with Crippen LogP contribution in [0.1, 0.15) is 5.56 Å². The van der Waals surface area contributed by atoms with Gasteiger partial charge in [0, 0.05) is 5.56 Å². The molecule has 0 saturated heterocycles. The van der Waals surface area contributed by atoms with Gasteiger partial charge in [0.05, 0.1) is 6.21 Å². The number of rotatable bonds is 5. The largest absolute Gasteiger partial charge is 0.480 e. The number of terminal acetylenes is 1. The molecule has 3 rings (SSSR count). The summed E-state index contributed by atoms with van der Waals surface area (Å²) in [6.07, 6.45) is 10.5. The van der Waals surface area contributed by atoms with Crippen LogP contribution in [0.4, 0.5) is 0 Å². The van der Waals surface area contributed by atoms with E-state index in [4.69, 9.17) is 11.2 Å². The molecule has 0 bridgehead atoms. The fourth-order valence-electron chi connectivity index (χ4n) is 2.21. The van der Waals surface area contributed by atoms with E-state index in [0.29, 0.717) is 10.9 Å². The molecule has 5 nitrogen and oxygen atoms in total. The highest BCUT2D eigenvalue weighted by Gasteiger charge is 2.07. The molecule has 23 heavy (non-hydrogen) atoms. The van der Waals surface area contributed by atoms with Crippen molar-refractivity contribution in [3.8, 4) is 18.1 Å². The van der Waals surface area contributed by atoms with Gasteiger partial charge in [0.2, 0.25) is 5.16 Å². The smallest absolute Gasteiger partial charge is 0.211 e. The quantitative estimate of drug-likeness (QED) is 0.411. The monoisotopic (exact) mass is 322 g/mol. The molecular formula is C17H14N4OS. The van der Waals surface area contributed by atoms with E-state index in [1.165, 1.54) is 11.8 Å². The summed E-state index contributed by atoms with van der Waals surface area (Å²) in [5.74, 6) is 3.18. The van der Waals surface area contributed by atoms with E-state index in [1.807, 2.05) is 42.7 Å². The van der Waals surface area contributed by atoms with Crippen LogP contribution < -0.4 is 4.74 Å². The third-order valence-electron chi connectivity index (χ3n) is 3.24. The summed E-state index contributed by atoms with van der Waals surface area (Å²) in [4.78, 5) is 0. The molecule has 0 aliphatic heterocycles. The van der Waals surface area contributed by atoms with E-state index in [-0.39, 0.29) is 6.61 Å². The van der Waals surface area contributed by atoms with Gasteiger partial charge in [-0.25, -0.2) is 0 Å². The van der Waals surface area contributed by atoms with E-state index in [0.717, 1.165) is 16.3 Å². The lowest BCUT2D eigenvalue weighted by atomic mass is 10.0. The highest BCUT2D eigenvalue weighted by atomic mass is 32.2. The van der Waals surface area contributed by atoms with Crippen LogP contribution in [0.2, 0.25) is 0 Å². The number of hydrogen-bond donors (Lipinski definition) is 0. The van der Waals surface area contributed by atoms with Gasteiger partial charge >= 0.3 is 0 Å². The first-order valence-corrected chi connectivity index (χ1v) is 8.12. The number of benzene rings is 2. The first-order valence-electron chi connectivity index (χ1n) is 6.90. The SMILES string of the molecule is C#CCOc1ccc2ccccc2c1/C=N\n1cnnc1SC. The van der Waals surface area contributed by atoms with Crippen molar-refractivity contribution in [3.63, 3.8) is 0 Å². The highest BCUT2D eigenvalue weighted by molar-refractivity contribution is 7.98. The van der Waals surface area contributed by atoms with Crippen molar-refractivity contribution in [3.05, 3.63) is 48.3 Å². The molecular weight excluding hydrogens is 308 g/mol. The molecule has 1 heterocycles. The van der Waals surface area contributed by atoms with Gasteiger partial charge in [-0.2, -0.15) is 9.78 Å². The zero-order chi connectivity index (χ0) is 16.1. The minimum Gasteiger partial charge on any atom is -0.480 e. The normalized spacial score (nSPS) is 11.0. The molecule has 0 unspecified atom stereocenters. The van der Waals surface area contributed by atoms with Gasteiger partial charge in [-0.05, 0) is 23.1 Å². The lowest BCUT2D eigenvalue weighted by Gasteiger charge is -2.09. The molecule has 0 radical (unpaired) electrons. The van der Waals surface area contributed by atoms with Crippen LogP contribution in [0.3, 0.4) is 0 Å². The van der Waals surface area contributed by atoms with Crippen LogP contribution in [0.25, 0.3) is 10.8 Å². The van der Waals surface area contributed by atoms with E-state index < -0.39 is 0 Å². The third-order valence-corrected chi connectivity index (χ3v) is 3.87. The zero-order valence-corrected chi connectivity index (χ0v) is 13.3. The van der Waals surface area contributed by atoms with Gasteiger partial charge in [-0.1, -0.05) is 48.0 Å². The number of nitrogens with zero attached hydrogens (tertiary/aromatic N) is 4. The van der Waals surface area contributed by atoms with Gasteiger partial charge in [-0.15, -0.1) is 16.6 Å². The van der Waals surface area contributed by atoms with Crippen LogP contribution in [-0.4, -0.2) is 34.0 Å². The van der Waals surface area contributed by atoms with Crippen LogP contribution in [0, 0.1) is 12.3 Å². The van der Waals surface area contributed by atoms with Gasteiger partial charge in [0.25, 0.3) is 0 Å². The Hall–Kier alpha value is -2.78. The fraction of sp³-hybridized carbons (Fsp3) is 0.118. The third kappa shape index (κ3) is 3.20. The van der Waals surface area contributed by atoms with E-state index in [2.05, 4.69) is 21.2 Å². The van der Waals surface area contributed by atoms with Crippen molar-refractivity contribution in [2.75, 3.05) is 12.9 Å². The topological polar surface area (TPSA) is 52.3 Å². The Balaban J connectivity index is 2.08. The van der Waals surface area contributed by atoms with Crippen LogP contribution in [-0.2, 0) is 0 Å². The number of thioether (sulfide) groups is 1. The summed E-state index contributed by atoms with van der Waals surface area (Å²) < 4.78 is 7.27. The molecule has 0 aliphatic rings. The summed E-state index contributed by atoms with van der Waals surface area (Å²) >= 11 is 1.48. The molecule has 2 aromatic carbocycles. The Kier molecular flexibility index (Phi) is 4.60. The summed E-state index contributed by atoms with van der Waals surface area (Å²) in [5, 5.41) is 15.2. The molecule has 0 saturated carbocycles. The number of fused-ring (bicyclic) bond motifs is 1. The molecule has 0 aliphatic carbocycles. The van der Waals surface area contributed by atoms with Crippen molar-refractivity contribution in [1.29, 1.82) is 0 Å². The Morgan fingerprint density at radius 3 is 3.04 bits per heavy atom. The molecule has 6 heteroatoms. The van der Waals surface area contributed by atoms with Crippen LogP contribution in [0.15, 0.2) is 53.0 Å². The highest BCUT2D eigenvalue weighted by Crippen LogP contribution is 2.27. The predicted octanol–water partition coefficient (Wildman–Crippen LogP) is 3.05. The molecule has 0 atom stereocenters. The summed E-state index contributed by atoms with van der Waals surface area (Å²) in [6, 6.07) is 12.0. The van der Waals surface area contributed by atoms with E-state index in [1.54, 1.807) is 17.2 Å². The second-order valence-electron chi connectivity index (χ2n) is 4.60. The van der Waals surface area contributed by atoms with Gasteiger partial charge < -0.3 is 4.74 Å². The van der Waals surface area contributed by atoms with Crippen LogP contribution in [0.5, 0.6) is 5.75 Å². The van der Waals surface area contributed by atoms with Crippen LogP contribution >= 0.6 is 11.8 Å². The van der Waals surface area contributed by atoms with Crippen molar-refractivity contribution < 1.29 is 4.74 Å². The van der Waals surface area contributed by atoms with Gasteiger partial charge in [0.1, 0.15) is 18.7 Å². The molecule has 114 valence electrons. The Labute approximate surface area is 138 Å². The number of ether oxygens (including phenoxy) is 1. The van der Waals surface area contributed by atoms with Crippen molar-refractivity contribution in [1.82, 2.24) is 14.9 Å². The van der Waals surface area contributed by atoms with Gasteiger partial charge in [-0.3, -0.25) is 0 Å². The molecule has 3 aromatic rings. The Bertz CT molecular complexity index is 895. The number of aromatic nitrogens is 3. The second-order valence-corrected chi connectivity index (χ2v) is 5.37.